The molecule has 102 valence electrons. The quantitative estimate of drug-likeness (QED) is 0.760. The maximum Gasteiger partial charge on any atom is 0.0139 e. The third-order valence-electron chi connectivity index (χ3n) is 3.85. The Morgan fingerprint density at radius 2 is 1.59 bits per heavy atom. The Hall–Kier alpha value is -0.120. The molecular formula is C14H31N3. The lowest BCUT2D eigenvalue weighted by molar-refractivity contribution is 0.121. The van der Waals surface area contributed by atoms with Crippen molar-refractivity contribution in [2.75, 3.05) is 46.3 Å². The summed E-state index contributed by atoms with van der Waals surface area (Å²) in [6, 6.07) is 0.706. The molecule has 0 saturated carbocycles. The molecule has 1 rings (SSSR count). The van der Waals surface area contributed by atoms with Crippen molar-refractivity contribution in [3.63, 3.8) is 0 Å². The first-order chi connectivity index (χ1) is 8.02. The fourth-order valence-corrected chi connectivity index (χ4v) is 3.17. The highest BCUT2D eigenvalue weighted by molar-refractivity contribution is 4.77. The monoisotopic (exact) mass is 241 g/mol. The normalized spacial score (nSPS) is 18.9. The summed E-state index contributed by atoms with van der Waals surface area (Å²) in [5, 5.41) is 3.41. The Labute approximate surface area is 108 Å². The predicted octanol–water partition coefficient (Wildman–Crippen LogP) is 1.50. The van der Waals surface area contributed by atoms with E-state index in [-0.39, 0.29) is 0 Å². The van der Waals surface area contributed by atoms with E-state index in [1.165, 1.54) is 26.2 Å². The molecule has 17 heavy (non-hydrogen) atoms. The van der Waals surface area contributed by atoms with Crippen LogP contribution in [0.1, 0.15) is 27.7 Å². The molecule has 0 atom stereocenters. The fraction of sp³-hybridized carbons (Fsp3) is 1.00. The summed E-state index contributed by atoms with van der Waals surface area (Å²) in [6.07, 6.45) is 0. The molecule has 0 unspecified atom stereocenters. The van der Waals surface area contributed by atoms with Crippen LogP contribution in [0, 0.1) is 11.8 Å². The van der Waals surface area contributed by atoms with Crippen LogP contribution in [0.25, 0.3) is 0 Å². The molecule has 0 spiro atoms. The van der Waals surface area contributed by atoms with Crippen LogP contribution >= 0.6 is 0 Å². The third-order valence-corrected chi connectivity index (χ3v) is 3.85. The Morgan fingerprint density at radius 1 is 1.06 bits per heavy atom. The lowest BCUT2D eigenvalue weighted by Gasteiger charge is -2.36. The van der Waals surface area contributed by atoms with Crippen molar-refractivity contribution in [1.29, 1.82) is 0 Å². The second kappa shape index (κ2) is 7.34. The molecule has 1 aliphatic rings. The number of rotatable bonds is 6. The van der Waals surface area contributed by atoms with Gasteiger partial charge < -0.3 is 10.2 Å². The van der Waals surface area contributed by atoms with Crippen molar-refractivity contribution in [1.82, 2.24) is 15.1 Å². The molecule has 0 amide bonds. The van der Waals surface area contributed by atoms with Gasteiger partial charge in [-0.25, -0.2) is 0 Å². The summed E-state index contributed by atoms with van der Waals surface area (Å²) in [5.74, 6) is 1.48. The Kier molecular flexibility index (Phi) is 6.45. The molecule has 0 bridgehead atoms. The molecule has 1 saturated heterocycles. The first-order valence-corrected chi connectivity index (χ1v) is 7.15. The van der Waals surface area contributed by atoms with E-state index in [0.29, 0.717) is 6.04 Å². The van der Waals surface area contributed by atoms with Gasteiger partial charge in [-0.05, 0) is 18.9 Å². The van der Waals surface area contributed by atoms with Gasteiger partial charge in [0.1, 0.15) is 0 Å². The summed E-state index contributed by atoms with van der Waals surface area (Å²) in [4.78, 5) is 5.13. The maximum atomic E-state index is 3.41. The summed E-state index contributed by atoms with van der Waals surface area (Å²) < 4.78 is 0. The fourth-order valence-electron chi connectivity index (χ4n) is 3.17. The SMILES string of the molecule is CC(C)C(C(C)C)N(C)CCN1CCNCC1. The maximum absolute atomic E-state index is 3.41. The van der Waals surface area contributed by atoms with E-state index in [2.05, 4.69) is 49.9 Å². The molecule has 0 aromatic carbocycles. The van der Waals surface area contributed by atoms with Crippen LogP contribution in [0.5, 0.6) is 0 Å². The standard InChI is InChI=1S/C14H31N3/c1-12(2)14(13(3)4)16(5)10-11-17-8-6-15-7-9-17/h12-15H,6-11H2,1-5H3. The number of likely N-dealkylation sites (N-methyl/N-ethyl adjacent to an activating group) is 1. The van der Waals surface area contributed by atoms with Crippen LogP contribution in [-0.2, 0) is 0 Å². The second-order valence-electron chi connectivity index (χ2n) is 6.05. The average molecular weight is 241 g/mol. The number of nitrogens with one attached hydrogen (secondary N) is 1. The first kappa shape index (κ1) is 14.9. The zero-order valence-corrected chi connectivity index (χ0v) is 12.4. The van der Waals surface area contributed by atoms with Crippen LogP contribution in [0.4, 0.5) is 0 Å². The first-order valence-electron chi connectivity index (χ1n) is 7.15. The van der Waals surface area contributed by atoms with E-state index < -0.39 is 0 Å². The van der Waals surface area contributed by atoms with E-state index in [0.717, 1.165) is 24.9 Å². The minimum atomic E-state index is 0.706. The van der Waals surface area contributed by atoms with E-state index >= 15 is 0 Å². The zero-order chi connectivity index (χ0) is 12.8. The Balaban J connectivity index is 2.33. The number of hydrogen-bond acceptors (Lipinski definition) is 3. The van der Waals surface area contributed by atoms with E-state index in [1.807, 2.05) is 0 Å². The number of nitrogens with zero attached hydrogens (tertiary/aromatic N) is 2. The molecule has 1 N–H and O–H groups in total. The summed E-state index contributed by atoms with van der Waals surface area (Å²) in [7, 11) is 2.28. The highest BCUT2D eigenvalue weighted by Crippen LogP contribution is 2.17. The van der Waals surface area contributed by atoms with Crippen molar-refractivity contribution in [2.24, 2.45) is 11.8 Å². The molecule has 0 aromatic heterocycles. The smallest absolute Gasteiger partial charge is 0.0139 e. The van der Waals surface area contributed by atoms with Gasteiger partial charge in [-0.3, -0.25) is 4.90 Å². The van der Waals surface area contributed by atoms with Crippen molar-refractivity contribution in [3.05, 3.63) is 0 Å². The van der Waals surface area contributed by atoms with Crippen molar-refractivity contribution in [2.45, 2.75) is 33.7 Å². The number of hydrogen-bond donors (Lipinski definition) is 1. The average Bonchev–Trinajstić information content (AvgIpc) is 2.27. The highest BCUT2D eigenvalue weighted by Gasteiger charge is 2.22. The van der Waals surface area contributed by atoms with Gasteiger partial charge in [0.15, 0.2) is 0 Å². The van der Waals surface area contributed by atoms with Crippen LogP contribution in [-0.4, -0.2) is 62.2 Å². The van der Waals surface area contributed by atoms with Crippen molar-refractivity contribution < 1.29 is 0 Å². The molecule has 1 fully saturated rings. The van der Waals surface area contributed by atoms with Crippen LogP contribution in [0.3, 0.4) is 0 Å². The largest absolute Gasteiger partial charge is 0.314 e. The van der Waals surface area contributed by atoms with Crippen molar-refractivity contribution in [3.8, 4) is 0 Å². The van der Waals surface area contributed by atoms with Crippen molar-refractivity contribution >= 4 is 0 Å². The van der Waals surface area contributed by atoms with Gasteiger partial charge in [0.25, 0.3) is 0 Å². The van der Waals surface area contributed by atoms with Gasteiger partial charge in [0.05, 0.1) is 0 Å². The molecule has 3 nitrogen and oxygen atoms in total. The topological polar surface area (TPSA) is 18.5 Å². The predicted molar refractivity (Wildman–Crippen MR) is 75.4 cm³/mol. The van der Waals surface area contributed by atoms with E-state index in [9.17, 15) is 0 Å². The highest BCUT2D eigenvalue weighted by atomic mass is 15.2. The molecule has 1 aliphatic heterocycles. The Bertz CT molecular complexity index is 190. The molecular weight excluding hydrogens is 210 g/mol. The minimum absolute atomic E-state index is 0.706. The summed E-state index contributed by atoms with van der Waals surface area (Å²) in [6.45, 7) is 16.5. The molecule has 1 heterocycles. The molecule has 0 aromatic rings. The van der Waals surface area contributed by atoms with E-state index in [1.54, 1.807) is 0 Å². The van der Waals surface area contributed by atoms with Crippen LogP contribution in [0.2, 0.25) is 0 Å². The summed E-state index contributed by atoms with van der Waals surface area (Å²) in [5.41, 5.74) is 0. The Morgan fingerprint density at radius 3 is 2.06 bits per heavy atom. The van der Waals surface area contributed by atoms with Gasteiger partial charge in [0.2, 0.25) is 0 Å². The molecule has 3 heteroatoms. The lowest BCUT2D eigenvalue weighted by atomic mass is 9.92. The second-order valence-corrected chi connectivity index (χ2v) is 6.05. The third kappa shape index (κ3) is 4.94. The van der Waals surface area contributed by atoms with Gasteiger partial charge >= 0.3 is 0 Å². The number of piperazine rings is 1. The van der Waals surface area contributed by atoms with Gasteiger partial charge in [-0.15, -0.1) is 0 Å². The zero-order valence-electron chi connectivity index (χ0n) is 12.4. The van der Waals surface area contributed by atoms with Crippen LogP contribution < -0.4 is 5.32 Å². The van der Waals surface area contributed by atoms with Gasteiger partial charge in [-0.2, -0.15) is 0 Å². The minimum Gasteiger partial charge on any atom is -0.314 e. The molecule has 0 radical (unpaired) electrons. The summed E-state index contributed by atoms with van der Waals surface area (Å²) >= 11 is 0. The van der Waals surface area contributed by atoms with Gasteiger partial charge in [-0.1, -0.05) is 27.7 Å². The van der Waals surface area contributed by atoms with Crippen LogP contribution in [0.15, 0.2) is 0 Å². The molecule has 0 aliphatic carbocycles. The lowest BCUT2D eigenvalue weighted by Crippen LogP contribution is -2.48. The van der Waals surface area contributed by atoms with E-state index in [4.69, 9.17) is 0 Å². The van der Waals surface area contributed by atoms with Gasteiger partial charge in [0, 0.05) is 45.3 Å².